The van der Waals surface area contributed by atoms with E-state index in [4.69, 9.17) is 5.73 Å². The lowest BCUT2D eigenvalue weighted by Crippen LogP contribution is -2.40. The SMILES string of the molecule is CSCCN(C)C(CN)CC(C)c1ccccc1. The standard InChI is InChI=1S/C15H26N2S/c1-13(14-7-5-4-6-8-14)11-15(12-16)17(2)9-10-18-3/h4-8,13,15H,9-12,16H2,1-3H3. The predicted molar refractivity (Wildman–Crippen MR) is 83.3 cm³/mol. The number of hydrogen-bond donors (Lipinski definition) is 1. The van der Waals surface area contributed by atoms with Crippen LogP contribution < -0.4 is 5.73 Å². The molecule has 0 aliphatic rings. The largest absolute Gasteiger partial charge is 0.329 e. The minimum absolute atomic E-state index is 0.479. The molecular weight excluding hydrogens is 240 g/mol. The molecule has 0 aromatic heterocycles. The van der Waals surface area contributed by atoms with E-state index in [0.717, 1.165) is 19.5 Å². The van der Waals surface area contributed by atoms with Crippen LogP contribution in [0.3, 0.4) is 0 Å². The second-order valence-electron chi connectivity index (χ2n) is 4.91. The Labute approximate surface area is 116 Å². The van der Waals surface area contributed by atoms with Crippen LogP contribution in [0.4, 0.5) is 0 Å². The van der Waals surface area contributed by atoms with Crippen LogP contribution in [0.25, 0.3) is 0 Å². The summed E-state index contributed by atoms with van der Waals surface area (Å²) in [7, 11) is 2.19. The smallest absolute Gasteiger partial charge is 0.0221 e. The highest BCUT2D eigenvalue weighted by Gasteiger charge is 2.17. The number of thioether (sulfide) groups is 1. The number of likely N-dealkylation sites (N-methyl/N-ethyl adjacent to an activating group) is 1. The van der Waals surface area contributed by atoms with Crippen molar-refractivity contribution in [3.63, 3.8) is 0 Å². The number of nitrogens with zero attached hydrogens (tertiary/aromatic N) is 1. The van der Waals surface area contributed by atoms with Gasteiger partial charge in [-0.2, -0.15) is 11.8 Å². The molecule has 0 saturated heterocycles. The van der Waals surface area contributed by atoms with Crippen LogP contribution in [0.15, 0.2) is 30.3 Å². The fourth-order valence-electron chi connectivity index (χ4n) is 2.20. The summed E-state index contributed by atoms with van der Waals surface area (Å²) in [6.45, 7) is 4.15. The van der Waals surface area contributed by atoms with Crippen LogP contribution in [0, 0.1) is 0 Å². The average molecular weight is 266 g/mol. The zero-order valence-corrected chi connectivity index (χ0v) is 12.6. The Hall–Kier alpha value is -0.510. The zero-order valence-electron chi connectivity index (χ0n) is 11.8. The van der Waals surface area contributed by atoms with E-state index in [0.29, 0.717) is 12.0 Å². The highest BCUT2D eigenvalue weighted by Crippen LogP contribution is 2.21. The van der Waals surface area contributed by atoms with E-state index >= 15 is 0 Å². The van der Waals surface area contributed by atoms with Gasteiger partial charge in [-0.05, 0) is 31.2 Å². The van der Waals surface area contributed by atoms with Gasteiger partial charge in [-0.3, -0.25) is 0 Å². The molecule has 2 unspecified atom stereocenters. The monoisotopic (exact) mass is 266 g/mol. The molecule has 0 spiro atoms. The molecule has 0 fully saturated rings. The van der Waals surface area contributed by atoms with E-state index in [1.807, 2.05) is 11.8 Å². The van der Waals surface area contributed by atoms with Crippen molar-refractivity contribution in [3.8, 4) is 0 Å². The first-order valence-electron chi connectivity index (χ1n) is 6.63. The first kappa shape index (κ1) is 15.5. The van der Waals surface area contributed by atoms with Gasteiger partial charge in [0.15, 0.2) is 0 Å². The molecule has 1 rings (SSSR count). The average Bonchev–Trinajstić information content (AvgIpc) is 2.42. The lowest BCUT2D eigenvalue weighted by Gasteiger charge is -2.29. The normalized spacial score (nSPS) is 14.7. The molecule has 18 heavy (non-hydrogen) atoms. The quantitative estimate of drug-likeness (QED) is 0.784. The van der Waals surface area contributed by atoms with Crippen molar-refractivity contribution in [1.29, 1.82) is 0 Å². The fraction of sp³-hybridized carbons (Fsp3) is 0.600. The number of rotatable bonds is 8. The van der Waals surface area contributed by atoms with Crippen molar-refractivity contribution in [3.05, 3.63) is 35.9 Å². The molecule has 2 N–H and O–H groups in total. The second-order valence-corrected chi connectivity index (χ2v) is 5.90. The Bertz CT molecular complexity index is 316. The Morgan fingerprint density at radius 1 is 1.28 bits per heavy atom. The summed E-state index contributed by atoms with van der Waals surface area (Å²) in [6.07, 6.45) is 3.28. The van der Waals surface area contributed by atoms with Crippen LogP contribution in [0.2, 0.25) is 0 Å². The zero-order chi connectivity index (χ0) is 13.4. The summed E-state index contributed by atoms with van der Waals surface area (Å²) < 4.78 is 0. The molecule has 2 nitrogen and oxygen atoms in total. The van der Waals surface area contributed by atoms with Crippen molar-refractivity contribution in [2.45, 2.75) is 25.3 Å². The number of benzene rings is 1. The Morgan fingerprint density at radius 3 is 2.50 bits per heavy atom. The van der Waals surface area contributed by atoms with Gasteiger partial charge in [-0.25, -0.2) is 0 Å². The maximum Gasteiger partial charge on any atom is 0.0221 e. The van der Waals surface area contributed by atoms with E-state index in [1.165, 1.54) is 11.3 Å². The van der Waals surface area contributed by atoms with Crippen molar-refractivity contribution < 1.29 is 0 Å². The van der Waals surface area contributed by atoms with Crippen molar-refractivity contribution in [2.75, 3.05) is 32.1 Å². The summed E-state index contributed by atoms with van der Waals surface area (Å²) in [4.78, 5) is 2.40. The molecule has 0 saturated carbocycles. The van der Waals surface area contributed by atoms with Crippen LogP contribution in [0.5, 0.6) is 0 Å². The minimum atomic E-state index is 0.479. The summed E-state index contributed by atoms with van der Waals surface area (Å²) in [5, 5.41) is 0. The topological polar surface area (TPSA) is 29.3 Å². The summed E-state index contributed by atoms with van der Waals surface area (Å²) in [5.74, 6) is 1.74. The predicted octanol–water partition coefficient (Wildman–Crippen LogP) is 2.80. The molecule has 102 valence electrons. The van der Waals surface area contributed by atoms with Gasteiger partial charge in [0.2, 0.25) is 0 Å². The van der Waals surface area contributed by atoms with Gasteiger partial charge in [0.05, 0.1) is 0 Å². The molecule has 0 radical (unpaired) electrons. The molecule has 1 aromatic carbocycles. The molecule has 3 heteroatoms. The number of hydrogen-bond acceptors (Lipinski definition) is 3. The van der Waals surface area contributed by atoms with E-state index in [1.54, 1.807) is 0 Å². The molecule has 2 atom stereocenters. The molecule has 0 heterocycles. The molecule has 1 aromatic rings. The highest BCUT2D eigenvalue weighted by molar-refractivity contribution is 7.98. The second kappa shape index (κ2) is 8.57. The Balaban J connectivity index is 2.52. The van der Waals surface area contributed by atoms with Crippen LogP contribution in [-0.4, -0.2) is 43.1 Å². The summed E-state index contributed by atoms with van der Waals surface area (Å²) in [6, 6.07) is 11.2. The van der Waals surface area contributed by atoms with Gasteiger partial charge in [0.25, 0.3) is 0 Å². The first-order chi connectivity index (χ1) is 8.69. The number of nitrogens with two attached hydrogens (primary N) is 1. The Morgan fingerprint density at radius 2 is 1.94 bits per heavy atom. The van der Waals surface area contributed by atoms with E-state index in [-0.39, 0.29) is 0 Å². The third-order valence-corrected chi connectivity index (χ3v) is 4.13. The molecule has 0 aliphatic heterocycles. The van der Waals surface area contributed by atoms with Crippen LogP contribution >= 0.6 is 11.8 Å². The summed E-state index contributed by atoms with van der Waals surface area (Å²) >= 11 is 1.89. The van der Waals surface area contributed by atoms with Crippen LogP contribution in [0.1, 0.15) is 24.8 Å². The van der Waals surface area contributed by atoms with E-state index in [2.05, 4.69) is 55.5 Å². The van der Waals surface area contributed by atoms with Gasteiger partial charge < -0.3 is 10.6 Å². The highest BCUT2D eigenvalue weighted by atomic mass is 32.2. The maximum atomic E-state index is 5.92. The van der Waals surface area contributed by atoms with Gasteiger partial charge in [0, 0.05) is 24.9 Å². The molecular formula is C15H26N2S. The molecule has 0 amide bonds. The third kappa shape index (κ3) is 5.01. The van der Waals surface area contributed by atoms with Crippen LogP contribution in [-0.2, 0) is 0 Å². The van der Waals surface area contributed by atoms with Gasteiger partial charge in [-0.15, -0.1) is 0 Å². The lowest BCUT2D eigenvalue weighted by molar-refractivity contribution is 0.240. The molecule has 0 bridgehead atoms. The van der Waals surface area contributed by atoms with Gasteiger partial charge in [0.1, 0.15) is 0 Å². The summed E-state index contributed by atoms with van der Waals surface area (Å²) in [5.41, 5.74) is 7.33. The molecule has 0 aliphatic carbocycles. The van der Waals surface area contributed by atoms with E-state index in [9.17, 15) is 0 Å². The minimum Gasteiger partial charge on any atom is -0.329 e. The van der Waals surface area contributed by atoms with Gasteiger partial charge in [-0.1, -0.05) is 37.3 Å². The maximum absolute atomic E-state index is 5.92. The fourth-order valence-corrected chi connectivity index (χ4v) is 2.67. The first-order valence-corrected chi connectivity index (χ1v) is 8.02. The van der Waals surface area contributed by atoms with Crippen molar-refractivity contribution in [1.82, 2.24) is 4.90 Å². The Kier molecular flexibility index (Phi) is 7.40. The lowest BCUT2D eigenvalue weighted by atomic mass is 9.93. The van der Waals surface area contributed by atoms with Crippen molar-refractivity contribution in [2.24, 2.45) is 5.73 Å². The third-order valence-electron chi connectivity index (χ3n) is 3.54. The van der Waals surface area contributed by atoms with E-state index < -0.39 is 0 Å². The van der Waals surface area contributed by atoms with Crippen molar-refractivity contribution >= 4 is 11.8 Å². The van der Waals surface area contributed by atoms with Gasteiger partial charge >= 0.3 is 0 Å².